The number of hydrogen-bond acceptors (Lipinski definition) is 7. The van der Waals surface area contributed by atoms with Crippen molar-refractivity contribution >= 4 is 42.2 Å². The summed E-state index contributed by atoms with van der Waals surface area (Å²) >= 11 is 0. The van der Waals surface area contributed by atoms with Crippen LogP contribution in [0, 0.1) is 6.92 Å². The van der Waals surface area contributed by atoms with Crippen molar-refractivity contribution in [2.24, 2.45) is 0 Å². The molecule has 0 fully saturated rings. The fraction of sp³-hybridized carbons (Fsp3) is 0.226. The van der Waals surface area contributed by atoms with Crippen LogP contribution in [0.2, 0.25) is 25.7 Å². The van der Waals surface area contributed by atoms with E-state index in [0.29, 0.717) is 28.9 Å². The van der Waals surface area contributed by atoms with Crippen molar-refractivity contribution in [3.05, 3.63) is 96.5 Å². The van der Waals surface area contributed by atoms with Crippen LogP contribution in [0.3, 0.4) is 0 Å². The monoisotopic (exact) mass is 579 g/mol. The fourth-order valence-electron chi connectivity index (χ4n) is 4.45. The first-order chi connectivity index (χ1) is 20.2. The summed E-state index contributed by atoms with van der Waals surface area (Å²) in [6.07, 6.45) is 9.73. The first-order valence-electron chi connectivity index (χ1n) is 13.7. The SMILES string of the molecule is Cc1c(C(=O)Nc2cccnc2)cncc1-c1ccc2c(c1)c(C(=O)Nc1ccncc1)nn2COCC[Si](C)(C)C. The van der Waals surface area contributed by atoms with Gasteiger partial charge in [0.1, 0.15) is 6.73 Å². The highest BCUT2D eigenvalue weighted by Gasteiger charge is 2.21. The van der Waals surface area contributed by atoms with Crippen molar-refractivity contribution in [2.45, 2.75) is 39.3 Å². The lowest BCUT2D eigenvalue weighted by Gasteiger charge is -2.15. The predicted octanol–water partition coefficient (Wildman–Crippen LogP) is 6.01. The number of carbonyl (C=O) groups excluding carboxylic acids is 2. The number of carbonyl (C=O) groups is 2. The van der Waals surface area contributed by atoms with Gasteiger partial charge in [-0.2, -0.15) is 5.10 Å². The van der Waals surface area contributed by atoms with E-state index in [-0.39, 0.29) is 24.2 Å². The van der Waals surface area contributed by atoms with Crippen molar-refractivity contribution in [1.29, 1.82) is 0 Å². The molecule has 5 rings (SSSR count). The summed E-state index contributed by atoms with van der Waals surface area (Å²) in [6, 6.07) is 13.8. The molecule has 4 heterocycles. The molecule has 0 aliphatic heterocycles. The van der Waals surface area contributed by atoms with Crippen molar-refractivity contribution in [3.8, 4) is 11.1 Å². The third kappa shape index (κ3) is 6.76. The lowest BCUT2D eigenvalue weighted by atomic mass is 9.97. The molecule has 0 saturated heterocycles. The summed E-state index contributed by atoms with van der Waals surface area (Å²) in [6.45, 7) is 9.65. The average Bonchev–Trinajstić information content (AvgIpc) is 3.34. The van der Waals surface area contributed by atoms with Crippen LogP contribution < -0.4 is 10.6 Å². The van der Waals surface area contributed by atoms with Crippen LogP contribution in [-0.2, 0) is 11.5 Å². The Kier molecular flexibility index (Phi) is 8.50. The molecule has 2 amide bonds. The van der Waals surface area contributed by atoms with Crippen LogP contribution in [-0.4, -0.2) is 51.2 Å². The zero-order valence-electron chi connectivity index (χ0n) is 24.1. The van der Waals surface area contributed by atoms with Gasteiger partial charge >= 0.3 is 0 Å². The Morgan fingerprint density at radius 3 is 2.40 bits per heavy atom. The largest absolute Gasteiger partial charge is 0.360 e. The Morgan fingerprint density at radius 2 is 1.67 bits per heavy atom. The number of fused-ring (bicyclic) bond motifs is 1. The Hall–Kier alpha value is -4.74. The molecule has 10 nitrogen and oxygen atoms in total. The van der Waals surface area contributed by atoms with E-state index in [2.05, 4.69) is 50.3 Å². The van der Waals surface area contributed by atoms with Crippen molar-refractivity contribution in [1.82, 2.24) is 24.7 Å². The van der Waals surface area contributed by atoms with Crippen molar-refractivity contribution < 1.29 is 14.3 Å². The first-order valence-corrected chi connectivity index (χ1v) is 17.4. The van der Waals surface area contributed by atoms with Gasteiger partial charge in [-0.25, -0.2) is 4.68 Å². The van der Waals surface area contributed by atoms with Crippen molar-refractivity contribution in [3.63, 3.8) is 0 Å². The molecule has 0 saturated carbocycles. The van der Waals surface area contributed by atoms with Gasteiger partial charge < -0.3 is 15.4 Å². The summed E-state index contributed by atoms with van der Waals surface area (Å²) < 4.78 is 7.69. The lowest BCUT2D eigenvalue weighted by Crippen LogP contribution is -2.22. The van der Waals surface area contributed by atoms with E-state index in [1.807, 2.05) is 25.1 Å². The standard InChI is InChI=1S/C31H33N7O3Si/c1-21-26(18-34-19-27(21)30(39)36-24-6-5-11-33-17-24)22-7-8-28-25(16-22)29(31(40)35-23-9-12-32-13-10-23)37-38(28)20-41-14-15-42(2,3)4/h5-13,16-19H,14-15,20H2,1-4H3,(H,36,39)(H,32,35,40). The van der Waals surface area contributed by atoms with E-state index in [0.717, 1.165) is 28.3 Å². The predicted molar refractivity (Wildman–Crippen MR) is 166 cm³/mol. The summed E-state index contributed by atoms with van der Waals surface area (Å²) in [4.78, 5) is 38.9. The smallest absolute Gasteiger partial charge is 0.276 e. The Bertz CT molecular complexity index is 1720. The second kappa shape index (κ2) is 12.4. The maximum Gasteiger partial charge on any atom is 0.276 e. The molecule has 0 spiro atoms. The number of ether oxygens (including phenoxy) is 1. The number of nitrogens with zero attached hydrogens (tertiary/aromatic N) is 5. The van der Waals surface area contributed by atoms with Gasteiger partial charge in [-0.15, -0.1) is 0 Å². The summed E-state index contributed by atoms with van der Waals surface area (Å²) in [7, 11) is -1.25. The second-order valence-electron chi connectivity index (χ2n) is 11.2. The molecule has 0 bridgehead atoms. The molecule has 0 unspecified atom stereocenters. The fourth-order valence-corrected chi connectivity index (χ4v) is 5.20. The second-order valence-corrected chi connectivity index (χ2v) is 16.8. The molecular formula is C31H33N7O3Si. The molecule has 42 heavy (non-hydrogen) atoms. The number of rotatable bonds is 10. The minimum absolute atomic E-state index is 0.230. The number of hydrogen-bond donors (Lipinski definition) is 2. The minimum atomic E-state index is -1.25. The van der Waals surface area contributed by atoms with E-state index < -0.39 is 8.07 Å². The third-order valence-electron chi connectivity index (χ3n) is 6.80. The molecule has 0 aliphatic rings. The first kappa shape index (κ1) is 28.8. The number of nitrogens with one attached hydrogen (secondary N) is 2. The number of anilines is 2. The van der Waals surface area contributed by atoms with Crippen LogP contribution in [0.5, 0.6) is 0 Å². The van der Waals surface area contributed by atoms with E-state index in [9.17, 15) is 9.59 Å². The van der Waals surface area contributed by atoms with Gasteiger partial charge in [0.15, 0.2) is 5.69 Å². The minimum Gasteiger partial charge on any atom is -0.360 e. The third-order valence-corrected chi connectivity index (χ3v) is 8.51. The zero-order chi connectivity index (χ0) is 29.7. The molecule has 2 N–H and O–H groups in total. The zero-order valence-corrected chi connectivity index (χ0v) is 25.1. The van der Waals surface area contributed by atoms with Gasteiger partial charge in [0.05, 0.1) is 23.0 Å². The molecule has 4 aromatic heterocycles. The van der Waals surface area contributed by atoms with Crippen LogP contribution in [0.25, 0.3) is 22.0 Å². The molecule has 0 atom stereocenters. The molecular weight excluding hydrogens is 546 g/mol. The highest BCUT2D eigenvalue weighted by molar-refractivity contribution is 6.76. The van der Waals surface area contributed by atoms with E-state index in [4.69, 9.17) is 4.74 Å². The molecule has 5 aromatic rings. The average molecular weight is 580 g/mol. The quantitative estimate of drug-likeness (QED) is 0.153. The lowest BCUT2D eigenvalue weighted by molar-refractivity contribution is 0.0809. The summed E-state index contributed by atoms with van der Waals surface area (Å²) in [5, 5.41) is 11.1. The van der Waals surface area contributed by atoms with Gasteiger partial charge in [-0.05, 0) is 60.5 Å². The van der Waals surface area contributed by atoms with Gasteiger partial charge in [0, 0.05) is 62.3 Å². The number of amides is 2. The van der Waals surface area contributed by atoms with E-state index in [1.165, 1.54) is 0 Å². The maximum atomic E-state index is 13.4. The Balaban J connectivity index is 1.49. The summed E-state index contributed by atoms with van der Waals surface area (Å²) in [5.74, 6) is -0.625. The maximum absolute atomic E-state index is 13.4. The van der Waals surface area contributed by atoms with Gasteiger partial charge in [-0.1, -0.05) is 25.7 Å². The van der Waals surface area contributed by atoms with Crippen LogP contribution in [0.15, 0.2) is 79.6 Å². The molecule has 11 heteroatoms. The van der Waals surface area contributed by atoms with Crippen LogP contribution >= 0.6 is 0 Å². The Morgan fingerprint density at radius 1 is 0.881 bits per heavy atom. The van der Waals surface area contributed by atoms with Crippen LogP contribution in [0.1, 0.15) is 26.4 Å². The topological polar surface area (TPSA) is 124 Å². The van der Waals surface area contributed by atoms with Gasteiger partial charge in [0.25, 0.3) is 11.8 Å². The van der Waals surface area contributed by atoms with E-state index in [1.54, 1.807) is 66.1 Å². The Labute approximate surface area is 245 Å². The highest BCUT2D eigenvalue weighted by Crippen LogP contribution is 2.30. The van der Waals surface area contributed by atoms with Crippen LogP contribution in [0.4, 0.5) is 11.4 Å². The number of aromatic nitrogens is 5. The summed E-state index contributed by atoms with van der Waals surface area (Å²) in [5.41, 5.74) is 5.03. The molecule has 214 valence electrons. The number of pyridine rings is 3. The highest BCUT2D eigenvalue weighted by atomic mass is 28.3. The van der Waals surface area contributed by atoms with E-state index >= 15 is 0 Å². The molecule has 1 aromatic carbocycles. The van der Waals surface area contributed by atoms with Gasteiger partial charge in [0.2, 0.25) is 0 Å². The normalized spacial score (nSPS) is 11.4. The van der Waals surface area contributed by atoms with Crippen molar-refractivity contribution in [2.75, 3.05) is 17.2 Å². The van der Waals surface area contributed by atoms with Gasteiger partial charge in [-0.3, -0.25) is 24.5 Å². The molecule has 0 aliphatic carbocycles. The molecule has 0 radical (unpaired) electrons. The number of benzene rings is 1.